The third kappa shape index (κ3) is 2.62. The van der Waals surface area contributed by atoms with Gasteiger partial charge in [0.05, 0.1) is 11.8 Å². The lowest BCUT2D eigenvalue weighted by Crippen LogP contribution is -2.43. The number of hydrogen-bond donors (Lipinski definition) is 2. The average molecular weight is 339 g/mol. The van der Waals surface area contributed by atoms with E-state index >= 15 is 0 Å². The molecule has 6 nitrogen and oxygen atoms in total. The summed E-state index contributed by atoms with van der Waals surface area (Å²) < 4.78 is 0. The number of nitrogens with one attached hydrogen (secondary N) is 2. The molecule has 1 aromatic rings. The Morgan fingerprint density at radius 3 is 2.24 bits per heavy atom. The van der Waals surface area contributed by atoms with Gasteiger partial charge in [0.1, 0.15) is 6.67 Å². The van der Waals surface area contributed by atoms with Crippen LogP contribution in [-0.4, -0.2) is 29.4 Å². The first-order chi connectivity index (χ1) is 12.1. The van der Waals surface area contributed by atoms with Gasteiger partial charge in [-0.15, -0.1) is 0 Å². The molecule has 4 atom stereocenters. The third-order valence-corrected chi connectivity index (χ3v) is 5.64. The van der Waals surface area contributed by atoms with Crippen molar-refractivity contribution >= 4 is 23.5 Å². The molecule has 3 aliphatic carbocycles. The molecule has 5 rings (SSSR count). The van der Waals surface area contributed by atoms with Crippen LogP contribution in [0.25, 0.3) is 0 Å². The van der Waals surface area contributed by atoms with E-state index < -0.39 is 6.03 Å². The molecule has 1 saturated heterocycles. The van der Waals surface area contributed by atoms with E-state index in [0.29, 0.717) is 5.69 Å². The van der Waals surface area contributed by atoms with Crippen LogP contribution in [0.1, 0.15) is 18.4 Å². The van der Waals surface area contributed by atoms with Gasteiger partial charge >= 0.3 is 6.03 Å². The summed E-state index contributed by atoms with van der Waals surface area (Å²) in [5.41, 5.74) is 1.65. The van der Waals surface area contributed by atoms with Crippen LogP contribution in [0, 0.1) is 30.6 Å². The van der Waals surface area contributed by atoms with Gasteiger partial charge in [0.2, 0.25) is 11.8 Å². The second-order valence-electron chi connectivity index (χ2n) is 7.05. The maximum Gasteiger partial charge on any atom is 0.320 e. The Bertz CT molecular complexity index is 741. The van der Waals surface area contributed by atoms with E-state index in [2.05, 4.69) is 22.8 Å². The van der Waals surface area contributed by atoms with Crippen molar-refractivity contribution < 1.29 is 14.4 Å². The normalized spacial score (nSPS) is 29.7. The standard InChI is InChI=1S/C19H21N3O3/c1-11-4-2-3-5-14(11)21-19(25)20-10-22-17(23)15-12-6-7-13(9-8-12)16(15)18(22)24/h2-7,12-13,15-16H,8-10H2,1H3,(H2,20,21,25)/t12-,13-,15-,16-/m0/s1. The average Bonchev–Trinajstić information content (AvgIpc) is 2.89. The number of carbonyl (C=O) groups is 3. The summed E-state index contributed by atoms with van der Waals surface area (Å²) in [4.78, 5) is 38.6. The molecule has 0 aromatic heterocycles. The molecule has 0 spiro atoms. The number of benzene rings is 1. The highest BCUT2D eigenvalue weighted by Crippen LogP contribution is 2.49. The number of hydrogen-bond acceptors (Lipinski definition) is 3. The summed E-state index contributed by atoms with van der Waals surface area (Å²) in [5, 5.41) is 5.38. The fourth-order valence-electron chi connectivity index (χ4n) is 4.32. The molecule has 2 fully saturated rings. The number of urea groups is 1. The number of fused-ring (bicyclic) bond motifs is 1. The molecular weight excluding hydrogens is 318 g/mol. The molecule has 2 N–H and O–H groups in total. The van der Waals surface area contributed by atoms with Crippen molar-refractivity contribution in [1.82, 2.24) is 10.2 Å². The van der Waals surface area contributed by atoms with E-state index in [1.54, 1.807) is 6.07 Å². The number of rotatable bonds is 3. The van der Waals surface area contributed by atoms with Crippen LogP contribution >= 0.6 is 0 Å². The number of para-hydroxylation sites is 1. The van der Waals surface area contributed by atoms with E-state index in [1.165, 1.54) is 4.90 Å². The number of allylic oxidation sites excluding steroid dienone is 2. The number of anilines is 1. The summed E-state index contributed by atoms with van der Waals surface area (Å²) in [6, 6.07) is 7.01. The van der Waals surface area contributed by atoms with E-state index in [-0.39, 0.29) is 42.2 Å². The molecule has 4 amide bonds. The Hall–Kier alpha value is -2.63. The minimum Gasteiger partial charge on any atom is -0.320 e. The molecule has 0 radical (unpaired) electrons. The Morgan fingerprint density at radius 2 is 1.68 bits per heavy atom. The van der Waals surface area contributed by atoms with Crippen LogP contribution in [0.5, 0.6) is 0 Å². The summed E-state index contributed by atoms with van der Waals surface area (Å²) in [5.74, 6) is -0.445. The van der Waals surface area contributed by atoms with Gasteiger partial charge in [-0.25, -0.2) is 4.79 Å². The van der Waals surface area contributed by atoms with Gasteiger partial charge in [-0.3, -0.25) is 14.5 Å². The monoisotopic (exact) mass is 339 g/mol. The number of amides is 4. The molecule has 1 aliphatic heterocycles. The molecule has 25 heavy (non-hydrogen) atoms. The minimum atomic E-state index is -0.425. The fraction of sp³-hybridized carbons (Fsp3) is 0.421. The third-order valence-electron chi connectivity index (χ3n) is 5.64. The van der Waals surface area contributed by atoms with Crippen LogP contribution in [-0.2, 0) is 9.59 Å². The SMILES string of the molecule is Cc1ccccc1NC(=O)NCN1C(=O)[C@@H]2[C@@H](C1=O)[C@H]1C=C[C@H]2CC1. The first-order valence-corrected chi connectivity index (χ1v) is 8.70. The number of carbonyl (C=O) groups excluding carboxylic acids is 3. The summed E-state index contributed by atoms with van der Waals surface area (Å²) in [7, 11) is 0. The number of likely N-dealkylation sites (tertiary alicyclic amines) is 1. The summed E-state index contributed by atoms with van der Waals surface area (Å²) in [6.45, 7) is 1.82. The molecule has 1 heterocycles. The lowest BCUT2D eigenvalue weighted by molar-refractivity contribution is -0.140. The zero-order valence-corrected chi connectivity index (χ0v) is 14.1. The van der Waals surface area contributed by atoms with Gasteiger partial charge in [-0.05, 0) is 43.2 Å². The van der Waals surface area contributed by atoms with Crippen molar-refractivity contribution in [3.8, 4) is 0 Å². The van der Waals surface area contributed by atoms with Gasteiger partial charge in [0.25, 0.3) is 0 Å². The highest BCUT2D eigenvalue weighted by molar-refractivity contribution is 6.06. The highest BCUT2D eigenvalue weighted by Gasteiger charge is 2.56. The number of imide groups is 1. The molecular formula is C19H21N3O3. The van der Waals surface area contributed by atoms with Gasteiger partial charge in [-0.1, -0.05) is 30.4 Å². The number of nitrogens with zero attached hydrogens (tertiary/aromatic N) is 1. The molecule has 6 heteroatoms. The van der Waals surface area contributed by atoms with Crippen LogP contribution in [0.3, 0.4) is 0 Å². The maximum atomic E-state index is 12.7. The predicted octanol–water partition coefficient (Wildman–Crippen LogP) is 2.27. The largest absolute Gasteiger partial charge is 0.320 e. The Kier molecular flexibility index (Phi) is 3.82. The quantitative estimate of drug-likeness (QED) is 0.655. The van der Waals surface area contributed by atoms with Crippen molar-refractivity contribution in [2.45, 2.75) is 19.8 Å². The first kappa shape index (κ1) is 15.9. The zero-order valence-electron chi connectivity index (χ0n) is 14.1. The van der Waals surface area contributed by atoms with Crippen LogP contribution in [0.15, 0.2) is 36.4 Å². The molecule has 2 bridgehead atoms. The molecule has 130 valence electrons. The lowest BCUT2D eigenvalue weighted by Gasteiger charge is -2.38. The first-order valence-electron chi connectivity index (χ1n) is 8.70. The molecule has 4 aliphatic rings. The zero-order chi connectivity index (χ0) is 17.6. The highest BCUT2D eigenvalue weighted by atomic mass is 16.2. The van der Waals surface area contributed by atoms with E-state index in [4.69, 9.17) is 0 Å². The van der Waals surface area contributed by atoms with Crippen LogP contribution < -0.4 is 10.6 Å². The van der Waals surface area contributed by atoms with Gasteiger partial charge in [-0.2, -0.15) is 0 Å². The summed E-state index contributed by atoms with van der Waals surface area (Å²) >= 11 is 0. The topological polar surface area (TPSA) is 78.5 Å². The maximum absolute atomic E-state index is 12.7. The van der Waals surface area contributed by atoms with Gasteiger partial charge < -0.3 is 10.6 Å². The Labute approximate surface area is 146 Å². The van der Waals surface area contributed by atoms with Crippen molar-refractivity contribution in [2.24, 2.45) is 23.7 Å². The Morgan fingerprint density at radius 1 is 1.08 bits per heavy atom. The smallest absolute Gasteiger partial charge is 0.320 e. The predicted molar refractivity (Wildman–Crippen MR) is 92.4 cm³/mol. The van der Waals surface area contributed by atoms with Gasteiger partial charge in [0.15, 0.2) is 0 Å². The van der Waals surface area contributed by atoms with Crippen molar-refractivity contribution in [3.05, 3.63) is 42.0 Å². The molecule has 1 saturated carbocycles. The van der Waals surface area contributed by atoms with Crippen LogP contribution in [0.4, 0.5) is 10.5 Å². The van der Waals surface area contributed by atoms with Gasteiger partial charge in [0, 0.05) is 5.69 Å². The van der Waals surface area contributed by atoms with E-state index in [0.717, 1.165) is 18.4 Å². The lowest BCUT2D eigenvalue weighted by atomic mass is 9.63. The summed E-state index contributed by atoms with van der Waals surface area (Å²) in [6.07, 6.45) is 6.11. The number of aryl methyl sites for hydroxylation is 1. The van der Waals surface area contributed by atoms with Crippen molar-refractivity contribution in [1.29, 1.82) is 0 Å². The fourth-order valence-corrected chi connectivity index (χ4v) is 4.32. The minimum absolute atomic E-state index is 0.0815. The Balaban J connectivity index is 1.40. The van der Waals surface area contributed by atoms with Crippen molar-refractivity contribution in [2.75, 3.05) is 12.0 Å². The van der Waals surface area contributed by atoms with Crippen LogP contribution in [0.2, 0.25) is 0 Å². The van der Waals surface area contributed by atoms with E-state index in [1.807, 2.05) is 25.1 Å². The second-order valence-corrected chi connectivity index (χ2v) is 7.05. The van der Waals surface area contributed by atoms with Crippen molar-refractivity contribution in [3.63, 3.8) is 0 Å². The molecule has 0 unspecified atom stereocenters. The van der Waals surface area contributed by atoms with E-state index in [9.17, 15) is 14.4 Å². The molecule has 1 aromatic carbocycles. The second kappa shape index (κ2) is 6.02.